The molecule has 0 aliphatic rings. The van der Waals surface area contributed by atoms with E-state index in [1.165, 1.54) is 12.1 Å². The smallest absolute Gasteiger partial charge is 0.213 e. The molecule has 23 heavy (non-hydrogen) atoms. The molecule has 0 saturated carbocycles. The second-order valence-electron chi connectivity index (χ2n) is 5.15. The fourth-order valence-electron chi connectivity index (χ4n) is 2.12. The zero-order valence-corrected chi connectivity index (χ0v) is 14.0. The second kappa shape index (κ2) is 6.95. The molecule has 0 amide bonds. The monoisotopic (exact) mass is 338 g/mol. The van der Waals surface area contributed by atoms with Crippen LogP contribution in [0.5, 0.6) is 5.88 Å². The number of rotatable bonds is 6. The summed E-state index contributed by atoms with van der Waals surface area (Å²) in [4.78, 5) is 3.85. The average molecular weight is 338 g/mol. The third-order valence-corrected chi connectivity index (χ3v) is 4.40. The van der Waals surface area contributed by atoms with E-state index in [0.29, 0.717) is 18.1 Å². The molecule has 0 unspecified atom stereocenters. The molecule has 124 valence electrons. The van der Waals surface area contributed by atoms with Crippen LogP contribution in [0.25, 0.3) is 0 Å². The fourth-order valence-corrected chi connectivity index (χ4v) is 2.85. The van der Waals surface area contributed by atoms with Gasteiger partial charge in [-0.25, -0.2) is 17.8 Å². The van der Waals surface area contributed by atoms with Crippen molar-refractivity contribution < 1.29 is 17.5 Å². The number of hydrogen-bond acceptors (Lipinski definition) is 5. The summed E-state index contributed by atoms with van der Waals surface area (Å²) in [6.07, 6.45) is 2.61. The van der Waals surface area contributed by atoms with E-state index in [1.807, 2.05) is 19.9 Å². The van der Waals surface area contributed by atoms with E-state index in [1.54, 1.807) is 18.3 Å². The van der Waals surface area contributed by atoms with Crippen LogP contribution in [0.2, 0.25) is 0 Å². The Morgan fingerprint density at radius 3 is 2.57 bits per heavy atom. The van der Waals surface area contributed by atoms with Gasteiger partial charge in [0.05, 0.1) is 18.5 Å². The number of anilines is 1. The highest BCUT2D eigenvalue weighted by Crippen LogP contribution is 2.23. The summed E-state index contributed by atoms with van der Waals surface area (Å²) in [5.74, 6) is -0.210. The van der Waals surface area contributed by atoms with Crippen LogP contribution >= 0.6 is 0 Å². The van der Waals surface area contributed by atoms with Gasteiger partial charge in [-0.3, -0.25) is 0 Å². The van der Waals surface area contributed by atoms with Crippen molar-refractivity contribution in [1.29, 1.82) is 0 Å². The van der Waals surface area contributed by atoms with Gasteiger partial charge >= 0.3 is 0 Å². The number of sulfone groups is 1. The first kappa shape index (κ1) is 17.2. The van der Waals surface area contributed by atoms with Crippen molar-refractivity contribution in [1.82, 2.24) is 4.98 Å². The summed E-state index contributed by atoms with van der Waals surface area (Å²) in [6.45, 7) is 4.28. The number of ether oxygens (including phenoxy) is 1. The van der Waals surface area contributed by atoms with Gasteiger partial charge in [0.1, 0.15) is 10.7 Å². The summed E-state index contributed by atoms with van der Waals surface area (Å²) in [7, 11) is -3.56. The van der Waals surface area contributed by atoms with Gasteiger partial charge in [-0.05, 0) is 37.6 Å². The zero-order valence-electron chi connectivity index (χ0n) is 13.2. The molecule has 7 heteroatoms. The van der Waals surface area contributed by atoms with E-state index >= 15 is 0 Å². The number of hydrogen-bond donors (Lipinski definition) is 1. The average Bonchev–Trinajstić information content (AvgIpc) is 2.48. The molecule has 1 aromatic carbocycles. The van der Waals surface area contributed by atoms with E-state index in [2.05, 4.69) is 10.3 Å². The highest BCUT2D eigenvalue weighted by Gasteiger charge is 2.16. The van der Waals surface area contributed by atoms with E-state index in [-0.39, 0.29) is 10.9 Å². The Kier molecular flexibility index (Phi) is 5.20. The zero-order chi connectivity index (χ0) is 17.0. The Bertz CT molecular complexity index is 776. The van der Waals surface area contributed by atoms with Crippen molar-refractivity contribution in [2.24, 2.45) is 0 Å². The standard InChI is InChI=1S/C16H19FN2O3S/c1-4-22-16-8-6-13(10-18-16)19-11(2)12-5-7-15(14(17)9-12)23(3,20)21/h5-11,19H,4H2,1-3H3/t11-/m0/s1. The van der Waals surface area contributed by atoms with Crippen molar-refractivity contribution in [3.05, 3.63) is 47.9 Å². The molecule has 1 aromatic heterocycles. The second-order valence-corrected chi connectivity index (χ2v) is 7.13. The third kappa shape index (κ3) is 4.41. The molecule has 0 saturated heterocycles. The molecule has 0 radical (unpaired) electrons. The number of benzene rings is 1. The SMILES string of the molecule is CCOc1ccc(N[C@@H](C)c2ccc(S(C)(=O)=O)c(F)c2)cn1. The quantitative estimate of drug-likeness (QED) is 0.876. The molecule has 5 nitrogen and oxygen atoms in total. The number of pyridine rings is 1. The molecular formula is C16H19FN2O3S. The molecule has 0 bridgehead atoms. The molecule has 2 rings (SSSR count). The minimum atomic E-state index is -3.56. The molecule has 2 aromatic rings. The highest BCUT2D eigenvalue weighted by atomic mass is 32.2. The van der Waals surface area contributed by atoms with Crippen LogP contribution < -0.4 is 10.1 Å². The van der Waals surface area contributed by atoms with Crippen molar-refractivity contribution in [3.63, 3.8) is 0 Å². The lowest BCUT2D eigenvalue weighted by Gasteiger charge is -2.16. The summed E-state index contributed by atoms with van der Waals surface area (Å²) < 4.78 is 42.1. The fraction of sp³-hybridized carbons (Fsp3) is 0.312. The van der Waals surface area contributed by atoms with E-state index < -0.39 is 15.7 Å². The van der Waals surface area contributed by atoms with E-state index in [0.717, 1.165) is 11.9 Å². The van der Waals surface area contributed by atoms with Gasteiger partial charge in [-0.2, -0.15) is 0 Å². The van der Waals surface area contributed by atoms with Gasteiger partial charge in [-0.1, -0.05) is 6.07 Å². The Labute approximate surface area is 135 Å². The lowest BCUT2D eigenvalue weighted by Crippen LogP contribution is -2.09. The highest BCUT2D eigenvalue weighted by molar-refractivity contribution is 7.90. The molecule has 0 aliphatic carbocycles. The van der Waals surface area contributed by atoms with Gasteiger partial charge in [0.2, 0.25) is 5.88 Å². The predicted molar refractivity (Wildman–Crippen MR) is 87.0 cm³/mol. The first-order valence-corrected chi connectivity index (χ1v) is 9.05. The van der Waals surface area contributed by atoms with Gasteiger partial charge in [0, 0.05) is 18.4 Å². The van der Waals surface area contributed by atoms with Crippen LogP contribution in [0.1, 0.15) is 25.5 Å². The van der Waals surface area contributed by atoms with Gasteiger partial charge < -0.3 is 10.1 Å². The van der Waals surface area contributed by atoms with Crippen LogP contribution in [0, 0.1) is 5.82 Å². The topological polar surface area (TPSA) is 68.3 Å². The molecule has 0 aliphatic heterocycles. The molecule has 0 fully saturated rings. The van der Waals surface area contributed by atoms with Crippen molar-refractivity contribution in [2.75, 3.05) is 18.2 Å². The van der Waals surface area contributed by atoms with Crippen LogP contribution in [-0.4, -0.2) is 26.3 Å². The largest absolute Gasteiger partial charge is 0.478 e. The first-order chi connectivity index (χ1) is 10.8. The Morgan fingerprint density at radius 2 is 2.04 bits per heavy atom. The predicted octanol–water partition coefficient (Wildman–Crippen LogP) is 3.20. The Morgan fingerprint density at radius 1 is 1.30 bits per heavy atom. The summed E-state index contributed by atoms with van der Waals surface area (Å²) in [5.41, 5.74) is 1.40. The number of nitrogens with zero attached hydrogens (tertiary/aromatic N) is 1. The molecular weight excluding hydrogens is 319 g/mol. The minimum absolute atomic E-state index is 0.210. The van der Waals surface area contributed by atoms with Gasteiger partial charge in [-0.15, -0.1) is 0 Å². The third-order valence-electron chi connectivity index (χ3n) is 3.27. The van der Waals surface area contributed by atoms with Crippen LogP contribution in [0.15, 0.2) is 41.4 Å². The Hall–Kier alpha value is -2.15. The molecule has 1 atom stereocenters. The van der Waals surface area contributed by atoms with Gasteiger partial charge in [0.15, 0.2) is 9.84 Å². The lowest BCUT2D eigenvalue weighted by atomic mass is 10.1. The van der Waals surface area contributed by atoms with Crippen molar-refractivity contribution >= 4 is 15.5 Å². The van der Waals surface area contributed by atoms with Crippen LogP contribution in [-0.2, 0) is 9.84 Å². The Balaban J connectivity index is 2.14. The molecule has 1 heterocycles. The summed E-state index contributed by atoms with van der Waals surface area (Å²) in [6, 6.07) is 7.46. The van der Waals surface area contributed by atoms with Crippen molar-refractivity contribution in [2.45, 2.75) is 24.8 Å². The minimum Gasteiger partial charge on any atom is -0.478 e. The van der Waals surface area contributed by atoms with Gasteiger partial charge in [0.25, 0.3) is 0 Å². The van der Waals surface area contributed by atoms with E-state index in [9.17, 15) is 12.8 Å². The van der Waals surface area contributed by atoms with Crippen LogP contribution in [0.4, 0.5) is 10.1 Å². The normalized spacial score (nSPS) is 12.7. The maximum atomic E-state index is 13.9. The van der Waals surface area contributed by atoms with Crippen LogP contribution in [0.3, 0.4) is 0 Å². The van der Waals surface area contributed by atoms with E-state index in [4.69, 9.17) is 4.74 Å². The maximum Gasteiger partial charge on any atom is 0.213 e. The number of aromatic nitrogens is 1. The summed E-state index contributed by atoms with van der Waals surface area (Å²) in [5, 5.41) is 3.18. The molecule has 1 N–H and O–H groups in total. The first-order valence-electron chi connectivity index (χ1n) is 7.16. The lowest BCUT2D eigenvalue weighted by molar-refractivity contribution is 0.327. The maximum absolute atomic E-state index is 13.9. The summed E-state index contributed by atoms with van der Waals surface area (Å²) >= 11 is 0. The number of halogens is 1. The number of nitrogens with one attached hydrogen (secondary N) is 1. The van der Waals surface area contributed by atoms with Crippen molar-refractivity contribution in [3.8, 4) is 5.88 Å². The molecule has 0 spiro atoms.